The van der Waals surface area contributed by atoms with E-state index in [1.807, 2.05) is 36.9 Å². The van der Waals surface area contributed by atoms with Crippen molar-refractivity contribution in [2.45, 2.75) is 37.8 Å². The standard InChI is InChI=1S/C24H25F2N5O2S/c1-14(2)31-7-8-34(32,33)23-19(25)10-17(11-21(23)31)22-20(26)13-28-24(30-22)29-18-4-3-16-12-27-6-5-15(16)9-18/h3-4,9-11,13-14,27H,5-8,12H2,1-2H3,(H,28,29,30). The SMILES string of the molecule is CC(C)N1CCS(=O)(=O)c2c(F)cc(-c3nc(Nc4ccc5c(c4)CCNC5)ncc3F)cc21. The Hall–Kier alpha value is -3.11. The maximum atomic E-state index is 15.1. The highest BCUT2D eigenvalue weighted by Crippen LogP contribution is 2.38. The lowest BCUT2D eigenvalue weighted by Gasteiger charge is -2.34. The van der Waals surface area contributed by atoms with E-state index < -0.39 is 21.5 Å². The van der Waals surface area contributed by atoms with Gasteiger partial charge in [0.05, 0.1) is 17.6 Å². The molecule has 34 heavy (non-hydrogen) atoms. The van der Waals surface area contributed by atoms with E-state index >= 15 is 4.39 Å². The Morgan fingerprint density at radius 3 is 2.74 bits per heavy atom. The smallest absolute Gasteiger partial charge is 0.227 e. The van der Waals surface area contributed by atoms with Gasteiger partial charge in [-0.2, -0.15) is 0 Å². The van der Waals surface area contributed by atoms with Crippen molar-refractivity contribution in [1.29, 1.82) is 0 Å². The average Bonchev–Trinajstić information content (AvgIpc) is 2.79. The fourth-order valence-electron chi connectivity index (χ4n) is 4.53. The van der Waals surface area contributed by atoms with Crippen molar-refractivity contribution in [3.05, 3.63) is 59.3 Å². The summed E-state index contributed by atoms with van der Waals surface area (Å²) in [6.07, 6.45) is 1.94. The zero-order valence-corrected chi connectivity index (χ0v) is 19.7. The third-order valence-electron chi connectivity index (χ3n) is 6.24. The molecule has 0 spiro atoms. The van der Waals surface area contributed by atoms with Crippen LogP contribution < -0.4 is 15.5 Å². The van der Waals surface area contributed by atoms with Crippen LogP contribution >= 0.6 is 0 Å². The van der Waals surface area contributed by atoms with Gasteiger partial charge in [0.15, 0.2) is 15.7 Å². The van der Waals surface area contributed by atoms with Crippen molar-refractivity contribution < 1.29 is 17.2 Å². The van der Waals surface area contributed by atoms with Crippen LogP contribution in [0.3, 0.4) is 0 Å². The second-order valence-corrected chi connectivity index (χ2v) is 10.9. The molecule has 7 nitrogen and oxygen atoms in total. The largest absolute Gasteiger partial charge is 0.367 e. The Labute approximate surface area is 197 Å². The molecule has 3 aromatic rings. The number of sulfone groups is 1. The predicted molar refractivity (Wildman–Crippen MR) is 127 cm³/mol. The second kappa shape index (κ2) is 8.59. The summed E-state index contributed by atoms with van der Waals surface area (Å²) >= 11 is 0. The summed E-state index contributed by atoms with van der Waals surface area (Å²) in [6, 6.07) is 8.41. The fraction of sp³-hybridized carbons (Fsp3) is 0.333. The van der Waals surface area contributed by atoms with Gasteiger partial charge < -0.3 is 15.5 Å². The first-order chi connectivity index (χ1) is 16.2. The minimum absolute atomic E-state index is 0.0596. The van der Waals surface area contributed by atoms with Crippen molar-refractivity contribution in [1.82, 2.24) is 15.3 Å². The van der Waals surface area contributed by atoms with Crippen LogP contribution in [-0.2, 0) is 22.8 Å². The summed E-state index contributed by atoms with van der Waals surface area (Å²) in [4.78, 5) is 9.81. The van der Waals surface area contributed by atoms with Crippen molar-refractivity contribution in [3.8, 4) is 11.3 Å². The number of nitrogens with zero attached hydrogens (tertiary/aromatic N) is 3. The van der Waals surface area contributed by atoms with Gasteiger partial charge in [-0.25, -0.2) is 27.2 Å². The van der Waals surface area contributed by atoms with E-state index in [4.69, 9.17) is 0 Å². The van der Waals surface area contributed by atoms with Crippen LogP contribution in [-0.4, -0.2) is 43.3 Å². The predicted octanol–water partition coefficient (Wildman–Crippen LogP) is 3.81. The molecule has 2 aliphatic rings. The topological polar surface area (TPSA) is 87.2 Å². The Kier molecular flexibility index (Phi) is 5.73. The highest BCUT2D eigenvalue weighted by atomic mass is 32.2. The number of anilines is 3. The zero-order chi connectivity index (χ0) is 24.0. The lowest BCUT2D eigenvalue weighted by molar-refractivity contribution is 0.553. The van der Waals surface area contributed by atoms with Crippen molar-refractivity contribution in [2.24, 2.45) is 0 Å². The molecule has 0 fully saturated rings. The van der Waals surface area contributed by atoms with E-state index in [2.05, 4.69) is 20.6 Å². The van der Waals surface area contributed by atoms with Crippen LogP contribution in [0.15, 0.2) is 41.4 Å². The van der Waals surface area contributed by atoms with Crippen LogP contribution in [0.2, 0.25) is 0 Å². The Bertz CT molecular complexity index is 1380. The van der Waals surface area contributed by atoms with Crippen LogP contribution in [0, 0.1) is 11.6 Å². The maximum absolute atomic E-state index is 15.1. The van der Waals surface area contributed by atoms with Gasteiger partial charge in [0.25, 0.3) is 0 Å². The summed E-state index contributed by atoms with van der Waals surface area (Å²) in [5, 5.41) is 6.42. The molecule has 0 amide bonds. The van der Waals surface area contributed by atoms with E-state index in [1.165, 1.54) is 17.2 Å². The Balaban J connectivity index is 1.54. The maximum Gasteiger partial charge on any atom is 0.227 e. The lowest BCUT2D eigenvalue weighted by Crippen LogP contribution is -2.40. The van der Waals surface area contributed by atoms with E-state index in [9.17, 15) is 12.8 Å². The number of halogens is 2. The minimum atomic E-state index is -3.76. The first kappa shape index (κ1) is 22.7. The van der Waals surface area contributed by atoms with Crippen LogP contribution in [0.25, 0.3) is 11.3 Å². The quantitative estimate of drug-likeness (QED) is 0.581. The van der Waals surface area contributed by atoms with Crippen molar-refractivity contribution in [2.75, 3.05) is 29.1 Å². The van der Waals surface area contributed by atoms with Gasteiger partial charge in [-0.15, -0.1) is 0 Å². The number of nitrogens with one attached hydrogen (secondary N) is 2. The van der Waals surface area contributed by atoms with Gasteiger partial charge in [0.1, 0.15) is 16.4 Å². The number of benzene rings is 2. The molecule has 0 bridgehead atoms. The van der Waals surface area contributed by atoms with Crippen LogP contribution in [0.1, 0.15) is 25.0 Å². The van der Waals surface area contributed by atoms with Gasteiger partial charge in [0.2, 0.25) is 5.95 Å². The third kappa shape index (κ3) is 4.12. The molecule has 2 aliphatic heterocycles. The highest BCUT2D eigenvalue weighted by molar-refractivity contribution is 7.91. The van der Waals surface area contributed by atoms with Crippen molar-refractivity contribution >= 4 is 27.2 Å². The van der Waals surface area contributed by atoms with Gasteiger partial charge in [-0.3, -0.25) is 0 Å². The van der Waals surface area contributed by atoms with E-state index in [0.717, 1.165) is 37.5 Å². The molecule has 178 valence electrons. The Morgan fingerprint density at radius 2 is 1.94 bits per heavy atom. The highest BCUT2D eigenvalue weighted by Gasteiger charge is 2.33. The molecule has 5 rings (SSSR count). The molecule has 1 aromatic heterocycles. The normalized spacial score (nSPS) is 16.8. The molecule has 0 atom stereocenters. The van der Waals surface area contributed by atoms with E-state index in [-0.39, 0.29) is 46.1 Å². The monoisotopic (exact) mass is 485 g/mol. The molecule has 0 saturated carbocycles. The molecule has 2 N–H and O–H groups in total. The number of fused-ring (bicyclic) bond motifs is 2. The minimum Gasteiger partial charge on any atom is -0.367 e. The summed E-state index contributed by atoms with van der Waals surface area (Å²) < 4.78 is 55.0. The average molecular weight is 486 g/mol. The molecule has 0 unspecified atom stereocenters. The van der Waals surface area contributed by atoms with Gasteiger partial charge in [-0.1, -0.05) is 6.07 Å². The van der Waals surface area contributed by atoms with E-state index in [1.54, 1.807) is 0 Å². The molecule has 0 saturated heterocycles. The molecule has 10 heteroatoms. The van der Waals surface area contributed by atoms with E-state index in [0.29, 0.717) is 0 Å². The molecular formula is C24H25F2N5O2S. The van der Waals surface area contributed by atoms with Crippen LogP contribution in [0.5, 0.6) is 0 Å². The molecule has 0 radical (unpaired) electrons. The summed E-state index contributed by atoms with van der Waals surface area (Å²) in [5.74, 6) is -1.64. The molecule has 2 aromatic carbocycles. The number of hydrogen-bond acceptors (Lipinski definition) is 7. The molecule has 3 heterocycles. The number of aromatic nitrogens is 2. The summed E-state index contributed by atoms with van der Waals surface area (Å²) in [5.41, 5.74) is 3.50. The second-order valence-electron chi connectivity index (χ2n) is 8.84. The number of hydrogen-bond donors (Lipinski definition) is 2. The van der Waals surface area contributed by atoms with Gasteiger partial charge in [0, 0.05) is 30.4 Å². The first-order valence-electron chi connectivity index (χ1n) is 11.2. The summed E-state index contributed by atoms with van der Waals surface area (Å²) in [7, 11) is -3.76. The van der Waals surface area contributed by atoms with Crippen molar-refractivity contribution in [3.63, 3.8) is 0 Å². The van der Waals surface area contributed by atoms with Gasteiger partial charge in [-0.05, 0) is 62.2 Å². The van der Waals surface area contributed by atoms with Crippen LogP contribution in [0.4, 0.5) is 26.1 Å². The fourth-order valence-corrected chi connectivity index (χ4v) is 6.02. The number of rotatable bonds is 4. The Morgan fingerprint density at radius 1 is 1.12 bits per heavy atom. The molecule has 0 aliphatic carbocycles. The lowest BCUT2D eigenvalue weighted by atomic mass is 10.0. The summed E-state index contributed by atoms with van der Waals surface area (Å²) in [6.45, 7) is 5.76. The van der Waals surface area contributed by atoms with Gasteiger partial charge >= 0.3 is 0 Å². The third-order valence-corrected chi connectivity index (χ3v) is 7.98. The zero-order valence-electron chi connectivity index (χ0n) is 18.9. The molecular weight excluding hydrogens is 460 g/mol. The first-order valence-corrected chi connectivity index (χ1v) is 12.8.